The van der Waals surface area contributed by atoms with Gasteiger partial charge in [0.2, 0.25) is 0 Å². The van der Waals surface area contributed by atoms with Crippen LogP contribution in [0.2, 0.25) is 0 Å². The van der Waals surface area contributed by atoms with E-state index in [0.29, 0.717) is 77.0 Å². The number of nitrogens with zero attached hydrogens (tertiary/aromatic N) is 4. The molecule has 0 aromatic heterocycles. The van der Waals surface area contributed by atoms with E-state index < -0.39 is 66.0 Å². The number of rotatable bonds is 32. The van der Waals surface area contributed by atoms with Gasteiger partial charge in [0.1, 0.15) is 72.0 Å². The van der Waals surface area contributed by atoms with Gasteiger partial charge in [-0.1, -0.05) is 55.4 Å². The lowest BCUT2D eigenvalue weighted by Crippen LogP contribution is -2.57. The summed E-state index contributed by atoms with van der Waals surface area (Å²) in [6.07, 6.45) is 10.9. The van der Waals surface area contributed by atoms with E-state index in [-0.39, 0.29) is 213 Å². The first kappa shape index (κ1) is 92.8. The molecule has 32 nitrogen and oxygen atoms in total. The summed E-state index contributed by atoms with van der Waals surface area (Å²) >= 11 is 0. The first-order valence-corrected chi connectivity index (χ1v) is 40.7. The minimum atomic E-state index is -0.884. The molecule has 120 heavy (non-hydrogen) atoms. The van der Waals surface area contributed by atoms with E-state index in [2.05, 4.69) is 55.4 Å². The van der Waals surface area contributed by atoms with Gasteiger partial charge in [0.15, 0.2) is 0 Å². The molecule has 8 fully saturated rings. The van der Waals surface area contributed by atoms with Gasteiger partial charge in [0.25, 0.3) is 22.7 Å². The van der Waals surface area contributed by atoms with E-state index in [1.807, 2.05) is 0 Å². The Balaban J connectivity index is 0.000000182. The highest BCUT2D eigenvalue weighted by molar-refractivity contribution is 5.92. The number of carbonyl (C=O) groups is 12. The van der Waals surface area contributed by atoms with Gasteiger partial charge < -0.3 is 57.1 Å². The van der Waals surface area contributed by atoms with Gasteiger partial charge >= 0.3 is 47.8 Å². The Kier molecular flexibility index (Phi) is 29.1. The van der Waals surface area contributed by atoms with Gasteiger partial charge in [-0.15, -0.1) is 0 Å². The standard InChI is InChI=1S/4C22H27NO7/c4*1-14(24)4-9-17-18(12-21(17,2)3)22(11-10-19(25)30-22)13-29-20(26)15-5-7-16(8-6-15)23(27)28/h4*5-8,17-18H,4,9-13H2,1-3H3/t4*17-,18+,22-/m1111/s1. The number of Topliss-reactive ketones (excluding diaryl/α,β-unsaturated/α-hetero) is 4. The van der Waals surface area contributed by atoms with Crippen LogP contribution in [0.5, 0.6) is 0 Å². The molecule has 648 valence electrons. The van der Waals surface area contributed by atoms with E-state index in [1.54, 1.807) is 27.7 Å². The SMILES string of the molecule is CC(=O)CC[C@@H]1[C@@H]([C@]2(COC(=O)c3ccc([N+](=O)[O-])cc3)CCC(=O)O2)CC1(C)C.CC(=O)CC[C@@H]1[C@@H]([C@]2(COC(=O)c3ccc([N+](=O)[O-])cc3)CCC(=O)O2)CC1(C)C.CC(=O)CC[C@@H]1[C@@H]([C@]2(COC(=O)c3ccc([N+](=O)[O-])cc3)CCC(=O)O2)CC1(C)C.CC(=O)CC[C@@H]1[C@@H]([C@]2(COC(=O)c3ccc([N+](=O)[O-])cc3)CCC(=O)O2)CC1(C)C. The Morgan fingerprint density at radius 1 is 0.317 bits per heavy atom. The summed E-state index contributed by atoms with van der Waals surface area (Å²) < 4.78 is 45.0. The topological polar surface area (TPSA) is 451 Å². The Morgan fingerprint density at radius 2 is 0.483 bits per heavy atom. The lowest BCUT2D eigenvalue weighted by Gasteiger charge is -2.57. The molecule has 4 aliphatic carbocycles. The van der Waals surface area contributed by atoms with Gasteiger partial charge in [-0.3, -0.25) is 59.6 Å². The fourth-order valence-electron chi connectivity index (χ4n) is 19.4. The summed E-state index contributed by atoms with van der Waals surface area (Å²) in [5, 5.41) is 43.1. The molecule has 8 aliphatic rings. The fraction of sp³-hybridized carbons (Fsp3) is 0.591. The molecule has 4 aromatic rings. The van der Waals surface area contributed by atoms with Crippen LogP contribution in [0.1, 0.15) is 253 Å². The highest BCUT2D eigenvalue weighted by atomic mass is 16.7. The number of nitro benzene ring substituents is 4. The number of carbonyl (C=O) groups excluding carboxylic acids is 12. The zero-order valence-electron chi connectivity index (χ0n) is 70.0. The molecule has 4 aliphatic heterocycles. The number of cyclic esters (lactones) is 4. The number of benzene rings is 4. The van der Waals surface area contributed by atoms with Crippen molar-refractivity contribution >= 4 is 93.6 Å². The normalized spacial score (nSPS) is 27.1. The maximum atomic E-state index is 12.5. The largest absolute Gasteiger partial charge is 0.458 e. The van der Waals surface area contributed by atoms with Crippen molar-refractivity contribution in [3.63, 3.8) is 0 Å². The quantitative estimate of drug-likeness (QED) is 0.0190. The molecule has 0 spiro atoms. The molecule has 0 bridgehead atoms. The van der Waals surface area contributed by atoms with Crippen LogP contribution in [0, 0.1) is 109 Å². The maximum Gasteiger partial charge on any atom is 0.338 e. The summed E-state index contributed by atoms with van der Waals surface area (Å²) in [6, 6.07) is 20.7. The number of non-ortho nitro benzene ring substituents is 4. The fourth-order valence-corrected chi connectivity index (χ4v) is 19.4. The van der Waals surface area contributed by atoms with Crippen LogP contribution < -0.4 is 0 Å². The lowest BCUT2D eigenvalue weighted by atomic mass is 9.49. The summed E-state index contributed by atoms with van der Waals surface area (Å²) in [4.78, 5) is 185. The molecule has 0 amide bonds. The van der Waals surface area contributed by atoms with E-state index in [9.17, 15) is 98.0 Å². The van der Waals surface area contributed by atoms with Crippen LogP contribution in [-0.4, -0.2) is 139 Å². The van der Waals surface area contributed by atoms with E-state index >= 15 is 0 Å². The second-order valence-electron chi connectivity index (χ2n) is 36.3. The molecule has 0 radical (unpaired) electrons. The average molecular weight is 1670 g/mol. The molecule has 4 saturated heterocycles. The first-order chi connectivity index (χ1) is 56.2. The Bertz CT molecular complexity index is 4020. The van der Waals surface area contributed by atoms with Crippen LogP contribution in [0.15, 0.2) is 97.1 Å². The van der Waals surface area contributed by atoms with Gasteiger partial charge in [-0.2, -0.15) is 0 Å². The van der Waals surface area contributed by atoms with Crippen LogP contribution in [-0.2, 0) is 76.3 Å². The Labute approximate surface area is 694 Å². The summed E-state index contributed by atoms with van der Waals surface area (Å²) in [7, 11) is 0. The second kappa shape index (κ2) is 37.7. The number of hydrogen-bond acceptors (Lipinski definition) is 28. The summed E-state index contributed by atoms with van der Waals surface area (Å²) in [5.41, 5.74) is -3.13. The summed E-state index contributed by atoms with van der Waals surface area (Å²) in [5.74, 6) is -2.41. The van der Waals surface area contributed by atoms with Crippen LogP contribution in [0.25, 0.3) is 0 Å². The van der Waals surface area contributed by atoms with Crippen molar-refractivity contribution in [3.8, 4) is 0 Å². The summed E-state index contributed by atoms with van der Waals surface area (Å²) in [6.45, 7) is 23.1. The van der Waals surface area contributed by atoms with Gasteiger partial charge in [0.05, 0.1) is 41.9 Å². The highest BCUT2D eigenvalue weighted by Crippen LogP contribution is 2.64. The third-order valence-electron chi connectivity index (χ3n) is 26.2. The first-order valence-electron chi connectivity index (χ1n) is 40.7. The molecule has 12 atom stereocenters. The van der Waals surface area contributed by atoms with Crippen molar-refractivity contribution < 1.29 is 115 Å². The molecule has 0 N–H and O–H groups in total. The Hall–Kier alpha value is -11.1. The molecule has 12 rings (SSSR count). The van der Waals surface area contributed by atoms with Crippen LogP contribution in [0.4, 0.5) is 22.7 Å². The number of esters is 8. The van der Waals surface area contributed by atoms with E-state index in [4.69, 9.17) is 37.9 Å². The van der Waals surface area contributed by atoms with Gasteiger partial charge in [-0.25, -0.2) is 19.2 Å². The molecular formula is C88H108N4O28. The average Bonchev–Trinajstić information content (AvgIpc) is 1.43. The number of ketones is 4. The van der Waals surface area contributed by atoms with Crippen LogP contribution in [0.3, 0.4) is 0 Å². The number of nitro groups is 4. The predicted octanol–water partition coefficient (Wildman–Crippen LogP) is 15.4. The van der Waals surface area contributed by atoms with Gasteiger partial charge in [-0.05, 0) is 173 Å². The van der Waals surface area contributed by atoms with Crippen molar-refractivity contribution in [1.29, 1.82) is 0 Å². The molecule has 4 heterocycles. The van der Waals surface area contributed by atoms with Crippen molar-refractivity contribution in [2.45, 2.75) is 234 Å². The van der Waals surface area contributed by atoms with Crippen LogP contribution >= 0.6 is 0 Å². The molecule has 32 heteroatoms. The molecule has 4 saturated carbocycles. The zero-order chi connectivity index (χ0) is 88.4. The Morgan fingerprint density at radius 3 is 0.608 bits per heavy atom. The molecular weight excluding hydrogens is 1560 g/mol. The highest BCUT2D eigenvalue weighted by Gasteiger charge is 2.64. The zero-order valence-corrected chi connectivity index (χ0v) is 70.0. The van der Waals surface area contributed by atoms with Crippen molar-refractivity contribution in [3.05, 3.63) is 160 Å². The van der Waals surface area contributed by atoms with Crippen molar-refractivity contribution in [2.24, 2.45) is 69.0 Å². The third kappa shape index (κ3) is 22.1. The van der Waals surface area contributed by atoms with Crippen molar-refractivity contribution in [2.75, 3.05) is 26.4 Å². The lowest BCUT2D eigenvalue weighted by molar-refractivity contribution is -0.385. The number of hydrogen-bond donors (Lipinski definition) is 0. The smallest absolute Gasteiger partial charge is 0.338 e. The third-order valence-corrected chi connectivity index (χ3v) is 26.2. The minimum absolute atomic E-state index is 0.0166. The van der Waals surface area contributed by atoms with E-state index in [0.717, 1.165) is 25.7 Å². The molecule has 0 unspecified atom stereocenters. The van der Waals surface area contributed by atoms with Gasteiger partial charge in [0, 0.05) is 149 Å². The predicted molar refractivity (Wildman–Crippen MR) is 427 cm³/mol. The second-order valence-corrected chi connectivity index (χ2v) is 36.3. The monoisotopic (exact) mass is 1670 g/mol. The molecule has 4 aromatic carbocycles. The van der Waals surface area contributed by atoms with E-state index in [1.165, 1.54) is 97.1 Å². The maximum absolute atomic E-state index is 12.5. The van der Waals surface area contributed by atoms with Crippen molar-refractivity contribution in [1.82, 2.24) is 0 Å². The number of ether oxygens (including phenoxy) is 8. The minimum Gasteiger partial charge on any atom is -0.458 e.